The zero-order valence-corrected chi connectivity index (χ0v) is 14.3. The number of nitrogens with zero attached hydrogens (tertiary/aromatic N) is 2. The van der Waals surface area contributed by atoms with Gasteiger partial charge in [-0.1, -0.05) is 47.2 Å². The predicted molar refractivity (Wildman–Crippen MR) is 93.2 cm³/mol. The van der Waals surface area contributed by atoms with Crippen LogP contribution in [0.15, 0.2) is 53.5 Å². The van der Waals surface area contributed by atoms with Gasteiger partial charge in [-0.05, 0) is 24.3 Å². The largest absolute Gasteiger partial charge is 0.468 e. The third kappa shape index (κ3) is 3.25. The molecule has 7 heteroatoms. The van der Waals surface area contributed by atoms with Gasteiger partial charge in [0.1, 0.15) is 6.54 Å². The molecule has 0 atom stereocenters. The van der Waals surface area contributed by atoms with Crippen molar-refractivity contribution in [3.05, 3.63) is 63.9 Å². The minimum atomic E-state index is -0.441. The van der Waals surface area contributed by atoms with Crippen molar-refractivity contribution in [1.29, 1.82) is 0 Å². The highest BCUT2D eigenvalue weighted by Crippen LogP contribution is 2.25. The first-order valence-electron chi connectivity index (χ1n) is 7.09. The van der Waals surface area contributed by atoms with Gasteiger partial charge in [-0.3, -0.25) is 9.59 Å². The number of halogens is 1. The molecule has 0 aliphatic carbocycles. The monoisotopic (exact) mass is 360 g/mol. The maximum atomic E-state index is 12.4. The second-order valence-corrected chi connectivity index (χ2v) is 6.33. The summed E-state index contributed by atoms with van der Waals surface area (Å²) in [6.07, 6.45) is 0. The smallest absolute Gasteiger partial charge is 0.325 e. The number of ether oxygens (including phenoxy) is 1. The van der Waals surface area contributed by atoms with Gasteiger partial charge < -0.3 is 9.30 Å². The number of aromatic nitrogens is 1. The summed E-state index contributed by atoms with van der Waals surface area (Å²) in [5, 5.41) is 0.487. The van der Waals surface area contributed by atoms with E-state index in [1.807, 2.05) is 18.2 Å². The molecule has 3 rings (SSSR count). The van der Waals surface area contributed by atoms with Crippen LogP contribution in [-0.4, -0.2) is 23.6 Å². The van der Waals surface area contributed by atoms with Crippen molar-refractivity contribution in [2.75, 3.05) is 7.11 Å². The van der Waals surface area contributed by atoms with Crippen LogP contribution in [0.4, 0.5) is 0 Å². The molecule has 0 bridgehead atoms. The number of amides is 1. The number of benzene rings is 2. The Morgan fingerprint density at radius 2 is 1.92 bits per heavy atom. The number of rotatable bonds is 3. The molecule has 0 aliphatic rings. The van der Waals surface area contributed by atoms with Gasteiger partial charge >= 0.3 is 5.97 Å². The fourth-order valence-electron chi connectivity index (χ4n) is 2.24. The molecule has 0 saturated heterocycles. The Morgan fingerprint density at radius 1 is 1.17 bits per heavy atom. The SMILES string of the molecule is COC(=O)Cn1c(=NC(=O)c2ccccc2)sc2cccc(Cl)c21. The first kappa shape index (κ1) is 16.4. The van der Waals surface area contributed by atoms with Crippen molar-refractivity contribution < 1.29 is 14.3 Å². The molecule has 0 saturated carbocycles. The summed E-state index contributed by atoms with van der Waals surface area (Å²) in [6, 6.07) is 14.2. The minimum absolute atomic E-state index is 0.0683. The molecule has 0 radical (unpaired) electrons. The van der Waals surface area contributed by atoms with Gasteiger partial charge in [-0.2, -0.15) is 4.99 Å². The summed E-state index contributed by atoms with van der Waals surface area (Å²) >= 11 is 7.56. The van der Waals surface area contributed by atoms with Crippen LogP contribution in [0.3, 0.4) is 0 Å². The summed E-state index contributed by atoms with van der Waals surface area (Å²) < 4.78 is 7.18. The van der Waals surface area contributed by atoms with Crippen molar-refractivity contribution in [3.8, 4) is 0 Å². The topological polar surface area (TPSA) is 60.7 Å². The van der Waals surface area contributed by atoms with E-state index in [0.29, 0.717) is 20.9 Å². The van der Waals surface area contributed by atoms with Crippen molar-refractivity contribution in [3.63, 3.8) is 0 Å². The van der Waals surface area contributed by atoms with Crippen LogP contribution in [0, 0.1) is 0 Å². The molecular weight excluding hydrogens is 348 g/mol. The molecule has 1 aromatic heterocycles. The second kappa shape index (κ2) is 6.98. The summed E-state index contributed by atoms with van der Waals surface area (Å²) in [4.78, 5) is 28.7. The van der Waals surface area contributed by atoms with E-state index in [-0.39, 0.29) is 12.5 Å². The van der Waals surface area contributed by atoms with Crippen molar-refractivity contribution in [2.45, 2.75) is 6.54 Å². The van der Waals surface area contributed by atoms with Gasteiger partial charge in [0.2, 0.25) is 0 Å². The molecule has 0 N–H and O–H groups in total. The van der Waals surface area contributed by atoms with Crippen LogP contribution < -0.4 is 4.80 Å². The van der Waals surface area contributed by atoms with Crippen LogP contribution >= 0.6 is 22.9 Å². The Balaban J connectivity index is 2.18. The van der Waals surface area contributed by atoms with E-state index < -0.39 is 5.97 Å². The Bertz CT molecular complexity index is 976. The molecule has 5 nitrogen and oxygen atoms in total. The van der Waals surface area contributed by atoms with E-state index >= 15 is 0 Å². The lowest BCUT2D eigenvalue weighted by molar-refractivity contribution is -0.141. The highest BCUT2D eigenvalue weighted by molar-refractivity contribution is 7.16. The van der Waals surface area contributed by atoms with Crippen molar-refractivity contribution in [1.82, 2.24) is 4.57 Å². The van der Waals surface area contributed by atoms with E-state index in [0.717, 1.165) is 4.70 Å². The maximum Gasteiger partial charge on any atom is 0.325 e. The first-order chi connectivity index (χ1) is 11.6. The summed E-state index contributed by atoms with van der Waals surface area (Å²) in [7, 11) is 1.31. The number of hydrogen-bond donors (Lipinski definition) is 0. The van der Waals surface area contributed by atoms with Gasteiger partial charge in [-0.25, -0.2) is 0 Å². The molecule has 2 aromatic carbocycles. The number of hydrogen-bond acceptors (Lipinski definition) is 4. The Kier molecular flexibility index (Phi) is 4.78. The zero-order chi connectivity index (χ0) is 17.1. The van der Waals surface area contributed by atoms with Gasteiger partial charge in [-0.15, -0.1) is 0 Å². The average molecular weight is 361 g/mol. The predicted octanol–water partition coefficient (Wildman–Crippen LogP) is 3.27. The van der Waals surface area contributed by atoms with Gasteiger partial charge in [0.05, 0.1) is 22.3 Å². The Morgan fingerprint density at radius 3 is 2.62 bits per heavy atom. The van der Waals surface area contributed by atoms with Gasteiger partial charge in [0.15, 0.2) is 4.80 Å². The standard InChI is InChI=1S/C17H13ClN2O3S/c1-23-14(21)10-20-15-12(18)8-5-9-13(15)24-17(20)19-16(22)11-6-3-2-4-7-11/h2-9H,10H2,1H3. The van der Waals surface area contributed by atoms with Crippen LogP contribution in [0.2, 0.25) is 5.02 Å². The first-order valence-corrected chi connectivity index (χ1v) is 8.28. The molecule has 122 valence electrons. The van der Waals surface area contributed by atoms with E-state index in [1.54, 1.807) is 34.9 Å². The molecule has 1 heterocycles. The lowest BCUT2D eigenvalue weighted by Gasteiger charge is -2.04. The molecule has 0 unspecified atom stereocenters. The average Bonchev–Trinajstić information content (AvgIpc) is 2.94. The fourth-order valence-corrected chi connectivity index (χ4v) is 3.63. The molecule has 24 heavy (non-hydrogen) atoms. The number of carbonyl (C=O) groups is 2. The van der Waals surface area contributed by atoms with Crippen LogP contribution in [0.25, 0.3) is 10.2 Å². The lowest BCUT2D eigenvalue weighted by atomic mass is 10.2. The van der Waals surface area contributed by atoms with Crippen LogP contribution in [0.5, 0.6) is 0 Å². The van der Waals surface area contributed by atoms with Crippen LogP contribution in [0.1, 0.15) is 10.4 Å². The van der Waals surface area contributed by atoms with E-state index in [2.05, 4.69) is 4.99 Å². The number of thiazole rings is 1. The Labute approximate surface area is 146 Å². The van der Waals surface area contributed by atoms with E-state index in [9.17, 15) is 9.59 Å². The lowest BCUT2D eigenvalue weighted by Crippen LogP contribution is -2.22. The minimum Gasteiger partial charge on any atom is -0.468 e. The molecular formula is C17H13ClN2O3S. The van der Waals surface area contributed by atoms with Gasteiger partial charge in [0, 0.05) is 5.56 Å². The molecule has 3 aromatic rings. The number of fused-ring (bicyclic) bond motifs is 1. The number of esters is 1. The quantitative estimate of drug-likeness (QED) is 0.673. The zero-order valence-electron chi connectivity index (χ0n) is 12.7. The van der Waals surface area contributed by atoms with E-state index in [4.69, 9.17) is 16.3 Å². The number of methoxy groups -OCH3 is 1. The number of para-hydroxylation sites is 1. The summed E-state index contributed by atoms with van der Waals surface area (Å²) in [5.74, 6) is -0.819. The normalized spacial score (nSPS) is 11.7. The summed E-state index contributed by atoms with van der Waals surface area (Å²) in [5.41, 5.74) is 1.14. The van der Waals surface area contributed by atoms with Crippen molar-refractivity contribution in [2.24, 2.45) is 4.99 Å². The molecule has 0 spiro atoms. The van der Waals surface area contributed by atoms with E-state index in [1.165, 1.54) is 18.4 Å². The van der Waals surface area contributed by atoms with Crippen LogP contribution in [-0.2, 0) is 16.1 Å². The van der Waals surface area contributed by atoms with Gasteiger partial charge in [0.25, 0.3) is 5.91 Å². The molecule has 0 aliphatic heterocycles. The molecule has 0 fully saturated rings. The maximum absolute atomic E-state index is 12.4. The highest BCUT2D eigenvalue weighted by atomic mass is 35.5. The van der Waals surface area contributed by atoms with Crippen molar-refractivity contribution >= 4 is 45.0 Å². The molecule has 1 amide bonds. The highest BCUT2D eigenvalue weighted by Gasteiger charge is 2.14. The summed E-state index contributed by atoms with van der Waals surface area (Å²) in [6.45, 7) is -0.0683. The third-order valence-corrected chi connectivity index (χ3v) is 4.73. The second-order valence-electron chi connectivity index (χ2n) is 4.92. The Hall–Kier alpha value is -2.44. The number of carbonyl (C=O) groups excluding carboxylic acids is 2. The third-order valence-electron chi connectivity index (χ3n) is 3.38. The fraction of sp³-hybridized carbons (Fsp3) is 0.118.